The first-order valence-corrected chi connectivity index (χ1v) is 22.8. The number of aromatic nitrogens is 1. The van der Waals surface area contributed by atoms with Gasteiger partial charge in [-0.15, -0.1) is 11.3 Å². The van der Waals surface area contributed by atoms with E-state index in [-0.39, 0.29) is 0 Å². The summed E-state index contributed by atoms with van der Waals surface area (Å²) in [5.41, 5.74) is 17.1. The molecule has 0 amide bonds. The van der Waals surface area contributed by atoms with Gasteiger partial charge in [-0.05, 0) is 133 Å². The van der Waals surface area contributed by atoms with Crippen LogP contribution >= 0.6 is 11.3 Å². The largest absolute Gasteiger partial charge is 0.309 e. The van der Waals surface area contributed by atoms with E-state index in [9.17, 15) is 0 Å². The third-order valence-corrected chi connectivity index (χ3v) is 14.9. The van der Waals surface area contributed by atoms with Gasteiger partial charge in [0.05, 0.1) is 11.0 Å². The highest BCUT2D eigenvalue weighted by atomic mass is 32.1. The number of rotatable bonds is 5. The van der Waals surface area contributed by atoms with Crippen LogP contribution in [0, 0.1) is 0 Å². The van der Waals surface area contributed by atoms with Gasteiger partial charge in [0.2, 0.25) is 0 Å². The van der Waals surface area contributed by atoms with Gasteiger partial charge in [0.25, 0.3) is 0 Å². The molecule has 2 aromatic heterocycles. The number of para-hydroxylation sites is 1. The fraction of sp³-hybridized carbons (Fsp3) is 0.0667. The van der Waals surface area contributed by atoms with Crippen molar-refractivity contribution < 1.29 is 0 Å². The fourth-order valence-corrected chi connectivity index (χ4v) is 12.2. The maximum Gasteiger partial charge on any atom is 0.0541 e. The second kappa shape index (κ2) is 14.2. The zero-order valence-electron chi connectivity index (χ0n) is 34.2. The molecule has 1 aliphatic carbocycles. The molecule has 0 atom stereocenters. The normalized spacial score (nSPS) is 12.9. The van der Waals surface area contributed by atoms with Crippen LogP contribution in [0.4, 0.5) is 0 Å². The molecular weight excluding hydrogens is 767 g/mol. The quantitative estimate of drug-likeness (QED) is 0.153. The van der Waals surface area contributed by atoms with Crippen LogP contribution in [-0.4, -0.2) is 4.57 Å². The lowest BCUT2D eigenvalue weighted by Gasteiger charge is -2.19. The molecule has 0 saturated carbocycles. The van der Waals surface area contributed by atoms with Crippen LogP contribution in [-0.2, 0) is 12.8 Å². The molecule has 0 aliphatic heterocycles. The Balaban J connectivity index is 0.943. The van der Waals surface area contributed by atoms with E-state index in [4.69, 9.17) is 0 Å². The number of aryl methyl sites for hydroxylation is 1. The predicted octanol–water partition coefficient (Wildman–Crippen LogP) is 17.0. The van der Waals surface area contributed by atoms with Crippen LogP contribution in [0.1, 0.15) is 24.0 Å². The van der Waals surface area contributed by atoms with Crippen molar-refractivity contribution in [3.8, 4) is 50.2 Å². The molecule has 1 aliphatic rings. The SMILES string of the molecule is c1ccc(-c2c3ccccc3c(-c3ccc(-n4c5ccccc5c5cc(-c6cccc7c6sc6c(-c8cccc9c8CCCC9)cccc67)ccc54)cc3)c3ccccc23)cc1. The summed E-state index contributed by atoms with van der Waals surface area (Å²) < 4.78 is 5.19. The molecule has 12 aromatic rings. The van der Waals surface area contributed by atoms with Crippen LogP contribution < -0.4 is 0 Å². The molecule has 0 radical (unpaired) electrons. The van der Waals surface area contributed by atoms with Crippen molar-refractivity contribution in [3.05, 3.63) is 211 Å². The minimum Gasteiger partial charge on any atom is -0.309 e. The Morgan fingerprint density at radius 2 is 0.855 bits per heavy atom. The lowest BCUT2D eigenvalue weighted by molar-refractivity contribution is 0.687. The molecule has 0 saturated heterocycles. The minimum absolute atomic E-state index is 1.16. The molecule has 1 nitrogen and oxygen atoms in total. The molecule has 0 spiro atoms. The van der Waals surface area contributed by atoms with Gasteiger partial charge in [-0.3, -0.25) is 0 Å². The topological polar surface area (TPSA) is 4.93 Å². The Morgan fingerprint density at radius 1 is 0.339 bits per heavy atom. The molecule has 10 aromatic carbocycles. The monoisotopic (exact) mass is 807 g/mol. The Bertz CT molecular complexity index is 3680. The van der Waals surface area contributed by atoms with E-state index in [0.29, 0.717) is 0 Å². The zero-order valence-corrected chi connectivity index (χ0v) is 35.1. The van der Waals surface area contributed by atoms with E-state index in [2.05, 4.69) is 205 Å². The number of hydrogen-bond acceptors (Lipinski definition) is 1. The van der Waals surface area contributed by atoms with Crippen LogP contribution in [0.3, 0.4) is 0 Å². The maximum atomic E-state index is 2.44. The van der Waals surface area contributed by atoms with Crippen molar-refractivity contribution in [1.82, 2.24) is 4.57 Å². The number of nitrogens with zero attached hydrogens (tertiary/aromatic N) is 1. The summed E-state index contributed by atoms with van der Waals surface area (Å²) in [5.74, 6) is 0. The lowest BCUT2D eigenvalue weighted by Crippen LogP contribution is -2.04. The second-order valence-corrected chi connectivity index (χ2v) is 18.0. The highest BCUT2D eigenvalue weighted by molar-refractivity contribution is 7.26. The molecule has 0 N–H and O–H groups in total. The fourth-order valence-electron chi connectivity index (χ4n) is 10.8. The summed E-state index contributed by atoms with van der Waals surface area (Å²) in [6.07, 6.45) is 4.94. The molecule has 62 heavy (non-hydrogen) atoms. The lowest BCUT2D eigenvalue weighted by atomic mass is 9.85. The molecule has 0 bridgehead atoms. The van der Waals surface area contributed by atoms with Crippen LogP contribution in [0.25, 0.3) is 114 Å². The van der Waals surface area contributed by atoms with Gasteiger partial charge in [0.1, 0.15) is 0 Å². The first-order valence-electron chi connectivity index (χ1n) is 22.0. The summed E-state index contributed by atoms with van der Waals surface area (Å²) in [4.78, 5) is 0. The van der Waals surface area contributed by atoms with Gasteiger partial charge < -0.3 is 4.57 Å². The number of fused-ring (bicyclic) bond motifs is 9. The van der Waals surface area contributed by atoms with Gasteiger partial charge in [0, 0.05) is 36.6 Å². The van der Waals surface area contributed by atoms with E-state index < -0.39 is 0 Å². The van der Waals surface area contributed by atoms with Crippen molar-refractivity contribution in [3.63, 3.8) is 0 Å². The van der Waals surface area contributed by atoms with E-state index in [1.54, 1.807) is 5.56 Å². The van der Waals surface area contributed by atoms with Gasteiger partial charge >= 0.3 is 0 Å². The average molecular weight is 808 g/mol. The zero-order chi connectivity index (χ0) is 40.7. The molecule has 0 fully saturated rings. The first kappa shape index (κ1) is 35.5. The molecule has 13 rings (SSSR count). The first-order chi connectivity index (χ1) is 30.8. The van der Waals surface area contributed by atoms with Crippen molar-refractivity contribution >= 4 is 74.9 Å². The van der Waals surface area contributed by atoms with Crippen LogP contribution in [0.5, 0.6) is 0 Å². The Morgan fingerprint density at radius 3 is 1.56 bits per heavy atom. The predicted molar refractivity (Wildman–Crippen MR) is 267 cm³/mol. The Kier molecular flexibility index (Phi) is 8.11. The molecule has 292 valence electrons. The maximum absolute atomic E-state index is 2.44. The average Bonchev–Trinajstić information content (AvgIpc) is 3.89. The van der Waals surface area contributed by atoms with E-state index in [0.717, 1.165) is 5.69 Å². The van der Waals surface area contributed by atoms with Gasteiger partial charge in [-0.2, -0.15) is 0 Å². The third kappa shape index (κ3) is 5.40. The summed E-state index contributed by atoms with van der Waals surface area (Å²) in [6, 6.07) is 74.7. The highest BCUT2D eigenvalue weighted by Crippen LogP contribution is 2.47. The third-order valence-electron chi connectivity index (χ3n) is 13.6. The minimum atomic E-state index is 1.16. The Labute approximate surface area is 364 Å². The Hall–Kier alpha value is -7.26. The standard InChI is InChI=1S/C60H41NS/c1-2-16-39(17-3-1)57-47-21-6-8-23-49(47)58(50-24-9-7-22-48(50)57)40-31-34-42(35-32-40)61-55-30-11-10-20-46(55)54-37-41(33-36-56(54)61)44-25-13-28-52-53-29-14-27-51(60(53)62-59(44)52)45-26-12-18-38-15-4-5-19-43(38)45/h1-3,6-14,16-18,20-37H,4-5,15,19H2. The molecule has 2 heterocycles. The van der Waals surface area contributed by atoms with Crippen LogP contribution in [0.2, 0.25) is 0 Å². The van der Waals surface area contributed by atoms with Crippen molar-refractivity contribution in [2.24, 2.45) is 0 Å². The summed E-state index contributed by atoms with van der Waals surface area (Å²) in [5, 5.41) is 10.3. The number of thiophene rings is 1. The van der Waals surface area contributed by atoms with Gasteiger partial charge in [0.15, 0.2) is 0 Å². The van der Waals surface area contributed by atoms with Crippen molar-refractivity contribution in [2.75, 3.05) is 0 Å². The summed E-state index contributed by atoms with van der Waals surface area (Å²) in [6.45, 7) is 0. The smallest absolute Gasteiger partial charge is 0.0541 e. The van der Waals surface area contributed by atoms with E-state index in [1.165, 1.54) is 139 Å². The second-order valence-electron chi connectivity index (χ2n) is 17.0. The molecule has 2 heteroatoms. The van der Waals surface area contributed by atoms with E-state index in [1.807, 2.05) is 11.3 Å². The summed E-state index contributed by atoms with van der Waals surface area (Å²) >= 11 is 1.96. The van der Waals surface area contributed by atoms with Crippen molar-refractivity contribution in [1.29, 1.82) is 0 Å². The van der Waals surface area contributed by atoms with Crippen molar-refractivity contribution in [2.45, 2.75) is 25.7 Å². The molecule has 0 unspecified atom stereocenters. The highest BCUT2D eigenvalue weighted by Gasteiger charge is 2.21. The van der Waals surface area contributed by atoms with E-state index >= 15 is 0 Å². The van der Waals surface area contributed by atoms with Gasteiger partial charge in [-0.25, -0.2) is 0 Å². The van der Waals surface area contributed by atoms with Gasteiger partial charge in [-0.1, -0.05) is 170 Å². The number of hydrogen-bond donors (Lipinski definition) is 0. The number of benzene rings is 10. The summed E-state index contributed by atoms with van der Waals surface area (Å²) in [7, 11) is 0. The van der Waals surface area contributed by atoms with Crippen LogP contribution in [0.15, 0.2) is 200 Å². The molecular formula is C60H41NS.